The first-order valence-corrected chi connectivity index (χ1v) is 6.15. The molecule has 0 radical (unpaired) electrons. The third-order valence-corrected chi connectivity index (χ3v) is 3.94. The van der Waals surface area contributed by atoms with Crippen LogP contribution in [0.1, 0.15) is 31.4 Å². The van der Waals surface area contributed by atoms with Gasteiger partial charge in [0.25, 0.3) is 0 Å². The van der Waals surface area contributed by atoms with Crippen molar-refractivity contribution in [1.29, 1.82) is 0 Å². The molecule has 1 aliphatic rings. The van der Waals surface area contributed by atoms with Crippen LogP contribution in [-0.4, -0.2) is 11.3 Å². The van der Waals surface area contributed by atoms with Crippen LogP contribution in [0.2, 0.25) is 0 Å². The summed E-state index contributed by atoms with van der Waals surface area (Å²) in [5, 5.41) is 10.3. The van der Waals surface area contributed by atoms with Gasteiger partial charge in [0.15, 0.2) is 0 Å². The molecule has 0 bridgehead atoms. The second-order valence-electron chi connectivity index (χ2n) is 4.45. The van der Waals surface area contributed by atoms with Crippen molar-refractivity contribution in [3.63, 3.8) is 0 Å². The number of hydrogen-bond acceptors (Lipinski definition) is 2. The molecule has 1 aromatic rings. The Balaban J connectivity index is 2.11. The highest BCUT2D eigenvalue weighted by molar-refractivity contribution is 9.10. The summed E-state index contributed by atoms with van der Waals surface area (Å²) in [7, 11) is 0. The van der Waals surface area contributed by atoms with Crippen molar-refractivity contribution >= 4 is 15.9 Å². The number of rotatable bonds is 1. The average molecular weight is 313 g/mol. The van der Waals surface area contributed by atoms with Crippen molar-refractivity contribution < 1.29 is 22.7 Å². The smallest absolute Gasteiger partial charge is 0.391 e. The fraction of sp³-hybridized carbons (Fsp3) is 0.636. The second kappa shape index (κ2) is 4.31. The van der Waals surface area contributed by atoms with Gasteiger partial charge in [-0.25, -0.2) is 0 Å². The van der Waals surface area contributed by atoms with E-state index in [-0.39, 0.29) is 25.7 Å². The van der Waals surface area contributed by atoms with Crippen molar-refractivity contribution in [2.45, 2.75) is 37.5 Å². The lowest BCUT2D eigenvalue weighted by Crippen LogP contribution is -2.36. The van der Waals surface area contributed by atoms with Crippen LogP contribution in [0.25, 0.3) is 0 Å². The summed E-state index contributed by atoms with van der Waals surface area (Å²) in [6, 6.07) is 1.63. The van der Waals surface area contributed by atoms with Gasteiger partial charge in [0.1, 0.15) is 11.4 Å². The minimum Gasteiger partial charge on any atom is -0.465 e. The number of hydrogen-bond donors (Lipinski definition) is 1. The summed E-state index contributed by atoms with van der Waals surface area (Å²) in [6.07, 6.45) is -2.73. The van der Waals surface area contributed by atoms with Gasteiger partial charge in [-0.15, -0.1) is 0 Å². The molecule has 1 aliphatic carbocycles. The van der Waals surface area contributed by atoms with Crippen molar-refractivity contribution in [2.24, 2.45) is 5.92 Å². The van der Waals surface area contributed by atoms with Gasteiger partial charge >= 0.3 is 6.18 Å². The van der Waals surface area contributed by atoms with Gasteiger partial charge in [-0.05, 0) is 47.7 Å². The van der Waals surface area contributed by atoms with Gasteiger partial charge in [-0.1, -0.05) is 0 Å². The highest BCUT2D eigenvalue weighted by Crippen LogP contribution is 2.46. The van der Waals surface area contributed by atoms with Gasteiger partial charge in [-0.2, -0.15) is 13.2 Å². The molecule has 1 fully saturated rings. The summed E-state index contributed by atoms with van der Waals surface area (Å²) >= 11 is 3.22. The molecule has 0 amide bonds. The Morgan fingerprint density at radius 3 is 2.35 bits per heavy atom. The van der Waals surface area contributed by atoms with Gasteiger partial charge in [-0.3, -0.25) is 0 Å². The van der Waals surface area contributed by atoms with E-state index in [1.165, 1.54) is 6.26 Å². The largest absolute Gasteiger partial charge is 0.465 e. The lowest BCUT2D eigenvalue weighted by molar-refractivity contribution is -0.194. The monoisotopic (exact) mass is 312 g/mol. The van der Waals surface area contributed by atoms with Crippen molar-refractivity contribution in [3.05, 3.63) is 22.6 Å². The third-order valence-electron chi connectivity index (χ3n) is 3.32. The number of alkyl halides is 3. The van der Waals surface area contributed by atoms with E-state index in [0.717, 1.165) is 0 Å². The predicted octanol–water partition coefficient (Wildman–Crippen LogP) is 3.98. The molecule has 2 rings (SSSR count). The Kier molecular flexibility index (Phi) is 3.29. The van der Waals surface area contributed by atoms with E-state index in [9.17, 15) is 18.3 Å². The van der Waals surface area contributed by atoms with Crippen LogP contribution in [0.5, 0.6) is 0 Å². The minimum atomic E-state index is -4.16. The maximum absolute atomic E-state index is 12.5. The van der Waals surface area contributed by atoms with Crippen LogP contribution < -0.4 is 0 Å². The molecule has 2 nitrogen and oxygen atoms in total. The Labute approximate surface area is 105 Å². The normalized spacial score (nSPS) is 30.5. The van der Waals surface area contributed by atoms with E-state index < -0.39 is 17.7 Å². The van der Waals surface area contributed by atoms with E-state index in [0.29, 0.717) is 10.2 Å². The Morgan fingerprint density at radius 1 is 1.35 bits per heavy atom. The second-order valence-corrected chi connectivity index (χ2v) is 5.30. The van der Waals surface area contributed by atoms with E-state index in [2.05, 4.69) is 15.9 Å². The van der Waals surface area contributed by atoms with E-state index in [4.69, 9.17) is 4.42 Å². The van der Waals surface area contributed by atoms with Gasteiger partial charge in [0.2, 0.25) is 0 Å². The first-order chi connectivity index (χ1) is 7.83. The maximum atomic E-state index is 12.5. The van der Waals surface area contributed by atoms with Crippen LogP contribution in [0.3, 0.4) is 0 Å². The Morgan fingerprint density at radius 2 is 1.94 bits per heavy atom. The molecule has 17 heavy (non-hydrogen) atoms. The minimum absolute atomic E-state index is 0.0624. The standard InChI is InChI=1S/C11H12BrF3O2/c12-8-3-6-17-9(8)10(16)4-1-7(2-5-10)11(13,14)15/h3,6-7,16H,1-2,4-5H2. The van der Waals surface area contributed by atoms with Gasteiger partial charge < -0.3 is 9.52 Å². The first kappa shape index (κ1) is 13.0. The maximum Gasteiger partial charge on any atom is 0.391 e. The Bertz CT molecular complexity index is 392. The lowest BCUT2D eigenvalue weighted by atomic mass is 9.77. The van der Waals surface area contributed by atoms with Gasteiger partial charge in [0.05, 0.1) is 16.7 Å². The van der Waals surface area contributed by atoms with Gasteiger partial charge in [0, 0.05) is 0 Å². The van der Waals surface area contributed by atoms with E-state index >= 15 is 0 Å². The third kappa shape index (κ3) is 2.52. The molecule has 96 valence electrons. The molecule has 0 unspecified atom stereocenters. The topological polar surface area (TPSA) is 33.4 Å². The average Bonchev–Trinajstić information content (AvgIpc) is 2.64. The van der Waals surface area contributed by atoms with Crippen molar-refractivity contribution in [3.8, 4) is 0 Å². The molecule has 1 heterocycles. The van der Waals surface area contributed by atoms with E-state index in [1.807, 2.05) is 0 Å². The van der Waals surface area contributed by atoms with Crippen LogP contribution in [0.15, 0.2) is 21.2 Å². The Hall–Kier alpha value is -0.490. The number of aliphatic hydroxyl groups is 1. The zero-order chi connectivity index (χ0) is 12.7. The summed E-state index contributed by atoms with van der Waals surface area (Å²) in [5.41, 5.74) is -1.27. The van der Waals surface area contributed by atoms with Crippen LogP contribution in [-0.2, 0) is 5.60 Å². The first-order valence-electron chi connectivity index (χ1n) is 5.35. The summed E-state index contributed by atoms with van der Waals surface area (Å²) in [5.74, 6) is -0.977. The molecule has 0 atom stereocenters. The van der Waals surface area contributed by atoms with Crippen LogP contribution >= 0.6 is 15.9 Å². The number of halogens is 4. The van der Waals surface area contributed by atoms with Crippen LogP contribution in [0.4, 0.5) is 13.2 Å². The zero-order valence-corrected chi connectivity index (χ0v) is 10.5. The molecule has 0 aromatic carbocycles. The molecular formula is C11H12BrF3O2. The molecule has 0 spiro atoms. The fourth-order valence-corrected chi connectivity index (χ4v) is 2.85. The number of furan rings is 1. The predicted molar refractivity (Wildman–Crippen MR) is 58.3 cm³/mol. The molecule has 0 saturated heterocycles. The highest BCUT2D eigenvalue weighted by Gasteiger charge is 2.47. The molecule has 1 saturated carbocycles. The zero-order valence-electron chi connectivity index (χ0n) is 8.93. The SMILES string of the molecule is OC1(c2occc2Br)CCC(C(F)(F)F)CC1. The lowest BCUT2D eigenvalue weighted by Gasteiger charge is -2.35. The summed E-state index contributed by atoms with van der Waals surface area (Å²) in [4.78, 5) is 0. The quantitative estimate of drug-likeness (QED) is 0.851. The van der Waals surface area contributed by atoms with Crippen molar-refractivity contribution in [1.82, 2.24) is 0 Å². The summed E-state index contributed by atoms with van der Waals surface area (Å²) < 4.78 is 43.3. The fourth-order valence-electron chi connectivity index (χ4n) is 2.28. The van der Waals surface area contributed by atoms with Crippen molar-refractivity contribution in [2.75, 3.05) is 0 Å². The molecule has 1 N–H and O–H groups in total. The molecule has 6 heteroatoms. The highest BCUT2D eigenvalue weighted by atomic mass is 79.9. The molecule has 0 aliphatic heterocycles. The van der Waals surface area contributed by atoms with Crippen LogP contribution in [0, 0.1) is 5.92 Å². The molecule has 1 aromatic heterocycles. The molecular weight excluding hydrogens is 301 g/mol. The van der Waals surface area contributed by atoms with E-state index in [1.54, 1.807) is 6.07 Å². The summed E-state index contributed by atoms with van der Waals surface area (Å²) in [6.45, 7) is 0.